The molecule has 0 radical (unpaired) electrons. The first-order valence-electron chi connectivity index (χ1n) is 7.03. The highest BCUT2D eigenvalue weighted by molar-refractivity contribution is 7.14. The summed E-state index contributed by atoms with van der Waals surface area (Å²) >= 11 is 1.18. The van der Waals surface area contributed by atoms with Gasteiger partial charge in [-0.05, 0) is 29.6 Å². The molecule has 9 heteroatoms. The van der Waals surface area contributed by atoms with E-state index >= 15 is 0 Å². The highest BCUT2D eigenvalue weighted by Crippen LogP contribution is 2.26. The number of furan rings is 1. The third-order valence-corrected chi connectivity index (χ3v) is 4.03. The Balaban J connectivity index is 1.75. The van der Waals surface area contributed by atoms with E-state index in [4.69, 9.17) is 4.42 Å². The lowest BCUT2D eigenvalue weighted by atomic mass is 10.2. The molecule has 3 rings (SSSR count). The van der Waals surface area contributed by atoms with Crippen molar-refractivity contribution in [3.05, 3.63) is 75.5 Å². The summed E-state index contributed by atoms with van der Waals surface area (Å²) in [5, 5.41) is 18.0. The molecular weight excluding hydrogens is 346 g/mol. The normalized spacial score (nSPS) is 10.2. The maximum atomic E-state index is 12.4. The largest absolute Gasteiger partial charge is 0.459 e. The average molecular weight is 357 g/mol. The summed E-state index contributed by atoms with van der Waals surface area (Å²) < 4.78 is 5.00. The smallest absolute Gasteiger partial charge is 0.291 e. The lowest BCUT2D eigenvalue weighted by molar-refractivity contribution is -0.384. The first-order valence-corrected chi connectivity index (χ1v) is 7.91. The van der Waals surface area contributed by atoms with Gasteiger partial charge in [-0.1, -0.05) is 6.07 Å². The Kier molecular flexibility index (Phi) is 4.57. The number of thiophene rings is 1. The summed E-state index contributed by atoms with van der Waals surface area (Å²) in [6.45, 7) is 0. The van der Waals surface area contributed by atoms with Crippen molar-refractivity contribution in [2.24, 2.45) is 0 Å². The van der Waals surface area contributed by atoms with Crippen molar-refractivity contribution in [2.45, 2.75) is 0 Å². The Labute approximate surface area is 145 Å². The molecule has 0 atom stereocenters. The zero-order valence-corrected chi connectivity index (χ0v) is 13.4. The van der Waals surface area contributed by atoms with Gasteiger partial charge < -0.3 is 15.1 Å². The first-order chi connectivity index (χ1) is 12.0. The minimum absolute atomic E-state index is 0.124. The van der Waals surface area contributed by atoms with E-state index in [-0.39, 0.29) is 22.7 Å². The minimum Gasteiger partial charge on any atom is -0.459 e. The summed E-state index contributed by atoms with van der Waals surface area (Å²) in [6, 6.07) is 10.2. The van der Waals surface area contributed by atoms with Crippen LogP contribution in [-0.2, 0) is 0 Å². The fourth-order valence-electron chi connectivity index (χ4n) is 2.05. The van der Waals surface area contributed by atoms with E-state index in [9.17, 15) is 19.7 Å². The Morgan fingerprint density at radius 3 is 2.64 bits per heavy atom. The standard InChI is InChI=1S/C16H11N3O5S/c20-14(17-10-3-1-4-11(9-10)19(22)23)12-6-8-25-16(12)18-15(21)13-5-2-7-24-13/h1-9H,(H,17,20)(H,18,21). The third kappa shape index (κ3) is 3.72. The summed E-state index contributed by atoms with van der Waals surface area (Å²) in [7, 11) is 0. The summed E-state index contributed by atoms with van der Waals surface area (Å²) in [6.07, 6.45) is 1.37. The van der Waals surface area contributed by atoms with Crippen molar-refractivity contribution in [1.29, 1.82) is 0 Å². The number of nitrogens with zero attached hydrogens (tertiary/aromatic N) is 1. The first kappa shape index (κ1) is 16.4. The number of nitrogens with one attached hydrogen (secondary N) is 2. The molecule has 0 saturated heterocycles. The number of benzene rings is 1. The van der Waals surface area contributed by atoms with Crippen LogP contribution in [0.1, 0.15) is 20.9 Å². The van der Waals surface area contributed by atoms with Crippen LogP contribution >= 0.6 is 11.3 Å². The van der Waals surface area contributed by atoms with E-state index in [0.717, 1.165) is 0 Å². The van der Waals surface area contributed by atoms with Gasteiger partial charge in [0.2, 0.25) is 0 Å². The number of non-ortho nitro benzene ring substituents is 1. The van der Waals surface area contributed by atoms with Crippen LogP contribution in [0.3, 0.4) is 0 Å². The number of carbonyl (C=O) groups is 2. The second kappa shape index (κ2) is 6.97. The molecule has 0 bridgehead atoms. The SMILES string of the molecule is O=C(Nc1sccc1C(=O)Nc1cccc([N+](=O)[O-])c1)c1ccco1. The average Bonchev–Trinajstić information content (AvgIpc) is 3.26. The Hall–Kier alpha value is -3.46. The molecule has 0 aliphatic rings. The molecule has 2 amide bonds. The Morgan fingerprint density at radius 1 is 1.08 bits per heavy atom. The predicted molar refractivity (Wildman–Crippen MR) is 92.0 cm³/mol. The van der Waals surface area contributed by atoms with Gasteiger partial charge in [-0.2, -0.15) is 0 Å². The zero-order valence-electron chi connectivity index (χ0n) is 12.6. The lowest BCUT2D eigenvalue weighted by Crippen LogP contribution is -2.16. The van der Waals surface area contributed by atoms with Crippen LogP contribution < -0.4 is 10.6 Å². The number of rotatable bonds is 5. The van der Waals surface area contributed by atoms with E-state index in [1.807, 2.05) is 0 Å². The summed E-state index contributed by atoms with van der Waals surface area (Å²) in [5.41, 5.74) is 0.402. The van der Waals surface area contributed by atoms with Gasteiger partial charge in [0.15, 0.2) is 5.76 Å². The van der Waals surface area contributed by atoms with Crippen LogP contribution in [0.4, 0.5) is 16.4 Å². The van der Waals surface area contributed by atoms with Crippen molar-refractivity contribution >= 4 is 39.5 Å². The highest BCUT2D eigenvalue weighted by atomic mass is 32.1. The van der Waals surface area contributed by atoms with Gasteiger partial charge in [0.25, 0.3) is 17.5 Å². The number of hydrogen-bond acceptors (Lipinski definition) is 6. The van der Waals surface area contributed by atoms with E-state index in [1.54, 1.807) is 23.6 Å². The molecule has 0 spiro atoms. The van der Waals surface area contributed by atoms with Gasteiger partial charge in [-0.15, -0.1) is 11.3 Å². The van der Waals surface area contributed by atoms with Crippen molar-refractivity contribution in [3.8, 4) is 0 Å². The molecule has 2 aromatic heterocycles. The van der Waals surface area contributed by atoms with Crippen molar-refractivity contribution in [3.63, 3.8) is 0 Å². The zero-order chi connectivity index (χ0) is 17.8. The van der Waals surface area contributed by atoms with E-state index in [0.29, 0.717) is 5.00 Å². The lowest BCUT2D eigenvalue weighted by Gasteiger charge is -2.07. The molecule has 0 aliphatic heterocycles. The maximum absolute atomic E-state index is 12.4. The predicted octanol–water partition coefficient (Wildman–Crippen LogP) is 3.75. The van der Waals surface area contributed by atoms with Gasteiger partial charge in [0.05, 0.1) is 16.7 Å². The van der Waals surface area contributed by atoms with Crippen molar-refractivity contribution in [1.82, 2.24) is 0 Å². The summed E-state index contributed by atoms with van der Waals surface area (Å²) in [4.78, 5) is 34.7. The molecule has 8 nitrogen and oxygen atoms in total. The van der Waals surface area contributed by atoms with E-state index < -0.39 is 16.7 Å². The molecule has 25 heavy (non-hydrogen) atoms. The second-order valence-electron chi connectivity index (χ2n) is 4.86. The van der Waals surface area contributed by atoms with Crippen LogP contribution in [0.5, 0.6) is 0 Å². The number of carbonyl (C=O) groups excluding carboxylic acids is 2. The van der Waals surface area contributed by atoms with Gasteiger partial charge in [-0.25, -0.2) is 0 Å². The van der Waals surface area contributed by atoms with Crippen LogP contribution in [0, 0.1) is 10.1 Å². The fourth-order valence-corrected chi connectivity index (χ4v) is 2.83. The van der Waals surface area contributed by atoms with Crippen molar-refractivity contribution < 1.29 is 18.9 Å². The third-order valence-electron chi connectivity index (χ3n) is 3.20. The maximum Gasteiger partial charge on any atom is 0.291 e. The monoisotopic (exact) mass is 357 g/mol. The topological polar surface area (TPSA) is 114 Å². The Bertz CT molecular complexity index is 933. The molecular formula is C16H11N3O5S. The molecule has 3 aromatic rings. The summed E-state index contributed by atoms with van der Waals surface area (Å²) in [5.74, 6) is -0.841. The number of amides is 2. The van der Waals surface area contributed by atoms with Crippen molar-refractivity contribution in [2.75, 3.05) is 10.6 Å². The number of nitro groups is 1. The van der Waals surface area contributed by atoms with Gasteiger partial charge >= 0.3 is 0 Å². The van der Waals surface area contributed by atoms with Gasteiger partial charge in [0.1, 0.15) is 5.00 Å². The molecule has 126 valence electrons. The molecule has 2 N–H and O–H groups in total. The van der Waals surface area contributed by atoms with Crippen LogP contribution in [0.15, 0.2) is 58.5 Å². The second-order valence-corrected chi connectivity index (χ2v) is 5.77. The van der Waals surface area contributed by atoms with Crippen LogP contribution in [0.25, 0.3) is 0 Å². The fraction of sp³-hybridized carbons (Fsp3) is 0. The number of anilines is 2. The molecule has 0 aliphatic carbocycles. The molecule has 1 aromatic carbocycles. The number of hydrogen-bond donors (Lipinski definition) is 2. The molecule has 0 unspecified atom stereocenters. The van der Waals surface area contributed by atoms with E-state index in [1.165, 1.54) is 41.9 Å². The van der Waals surface area contributed by atoms with E-state index in [2.05, 4.69) is 10.6 Å². The quantitative estimate of drug-likeness (QED) is 0.533. The van der Waals surface area contributed by atoms with Crippen LogP contribution in [0.2, 0.25) is 0 Å². The number of nitro benzene ring substituents is 1. The highest BCUT2D eigenvalue weighted by Gasteiger charge is 2.18. The minimum atomic E-state index is -0.546. The van der Waals surface area contributed by atoms with Gasteiger partial charge in [0, 0.05) is 17.8 Å². The molecule has 0 saturated carbocycles. The van der Waals surface area contributed by atoms with Gasteiger partial charge in [-0.3, -0.25) is 19.7 Å². The Morgan fingerprint density at radius 2 is 1.92 bits per heavy atom. The molecule has 2 heterocycles. The molecule has 0 fully saturated rings. The van der Waals surface area contributed by atoms with Crippen LogP contribution in [-0.4, -0.2) is 16.7 Å².